The highest BCUT2D eigenvalue weighted by molar-refractivity contribution is 5.96. The molecule has 4 heteroatoms. The summed E-state index contributed by atoms with van der Waals surface area (Å²) >= 11 is 0. The number of rotatable bonds is 6. The average Bonchev–Trinajstić information content (AvgIpc) is 2.54. The molecule has 2 atom stereocenters. The lowest BCUT2D eigenvalue weighted by atomic mass is 9.86. The van der Waals surface area contributed by atoms with Crippen LogP contribution in [0.5, 0.6) is 0 Å². The molecule has 2 rings (SSSR count). The standard InChI is InChI=1S/C20H31NO3/c1-20(2,3)17-8-6-15(7-9-17)18(23)5-4-11-21-12-10-16(14-22)19(24)13-21/h6-9,16,19,22,24H,4-5,10-14H2,1-3H3/t16-,19+/m1/s1. The Kier molecular flexibility index (Phi) is 6.55. The number of carbonyl (C=O) groups is 1. The number of Topliss-reactive ketones (excluding diaryl/α,β-unsaturated/α-hetero) is 1. The molecular formula is C20H31NO3. The molecule has 2 N–H and O–H groups in total. The van der Waals surface area contributed by atoms with E-state index in [1.807, 2.05) is 24.3 Å². The second kappa shape index (κ2) is 8.24. The van der Waals surface area contributed by atoms with Gasteiger partial charge in [-0.15, -0.1) is 0 Å². The van der Waals surface area contributed by atoms with Crippen molar-refractivity contribution in [3.05, 3.63) is 35.4 Å². The molecule has 134 valence electrons. The Bertz CT molecular complexity index is 533. The lowest BCUT2D eigenvalue weighted by Gasteiger charge is -2.35. The quantitative estimate of drug-likeness (QED) is 0.786. The molecule has 1 aliphatic rings. The van der Waals surface area contributed by atoms with Crippen LogP contribution in [-0.2, 0) is 5.41 Å². The van der Waals surface area contributed by atoms with Crippen LogP contribution in [0.1, 0.15) is 56.0 Å². The first-order chi connectivity index (χ1) is 11.3. The minimum Gasteiger partial charge on any atom is -0.396 e. The van der Waals surface area contributed by atoms with E-state index in [1.165, 1.54) is 5.56 Å². The summed E-state index contributed by atoms with van der Waals surface area (Å²) in [5.74, 6) is 0.186. The molecule has 1 fully saturated rings. The zero-order valence-electron chi connectivity index (χ0n) is 15.2. The van der Waals surface area contributed by atoms with Crippen molar-refractivity contribution in [3.63, 3.8) is 0 Å². The average molecular weight is 333 g/mol. The van der Waals surface area contributed by atoms with Crippen LogP contribution in [0.4, 0.5) is 0 Å². The number of hydrogen-bond donors (Lipinski definition) is 2. The van der Waals surface area contributed by atoms with Crippen LogP contribution in [0.3, 0.4) is 0 Å². The maximum absolute atomic E-state index is 12.3. The zero-order chi connectivity index (χ0) is 17.7. The van der Waals surface area contributed by atoms with E-state index in [-0.39, 0.29) is 23.7 Å². The van der Waals surface area contributed by atoms with Crippen molar-refractivity contribution in [2.75, 3.05) is 26.2 Å². The lowest BCUT2D eigenvalue weighted by Crippen LogP contribution is -2.45. The molecule has 0 spiro atoms. The van der Waals surface area contributed by atoms with Gasteiger partial charge in [-0.05, 0) is 36.9 Å². The van der Waals surface area contributed by atoms with Crippen molar-refractivity contribution in [3.8, 4) is 0 Å². The van der Waals surface area contributed by atoms with Gasteiger partial charge in [0.05, 0.1) is 6.10 Å². The molecule has 0 bridgehead atoms. The number of benzene rings is 1. The summed E-state index contributed by atoms with van der Waals surface area (Å²) in [5, 5.41) is 19.1. The molecule has 0 unspecified atom stereocenters. The Morgan fingerprint density at radius 1 is 1.25 bits per heavy atom. The van der Waals surface area contributed by atoms with Crippen LogP contribution < -0.4 is 0 Å². The lowest BCUT2D eigenvalue weighted by molar-refractivity contribution is -0.00204. The van der Waals surface area contributed by atoms with Gasteiger partial charge in [-0.2, -0.15) is 0 Å². The Hall–Kier alpha value is -1.23. The van der Waals surface area contributed by atoms with Gasteiger partial charge in [0.2, 0.25) is 0 Å². The van der Waals surface area contributed by atoms with E-state index in [4.69, 9.17) is 5.11 Å². The molecule has 24 heavy (non-hydrogen) atoms. The normalized spacial score (nSPS) is 22.5. The van der Waals surface area contributed by atoms with Crippen LogP contribution >= 0.6 is 0 Å². The molecular weight excluding hydrogens is 302 g/mol. The van der Waals surface area contributed by atoms with Crippen molar-refractivity contribution in [2.24, 2.45) is 5.92 Å². The number of aliphatic hydroxyl groups excluding tert-OH is 2. The van der Waals surface area contributed by atoms with Crippen LogP contribution in [0.15, 0.2) is 24.3 Å². The molecule has 1 aromatic carbocycles. The first-order valence-electron chi connectivity index (χ1n) is 8.96. The summed E-state index contributed by atoms with van der Waals surface area (Å²) in [7, 11) is 0. The van der Waals surface area contributed by atoms with E-state index >= 15 is 0 Å². The minimum atomic E-state index is -0.454. The molecule has 0 saturated carbocycles. The van der Waals surface area contributed by atoms with Gasteiger partial charge in [0, 0.05) is 31.1 Å². The molecule has 0 aliphatic carbocycles. The van der Waals surface area contributed by atoms with E-state index in [0.29, 0.717) is 13.0 Å². The van der Waals surface area contributed by atoms with Crippen LogP contribution in [-0.4, -0.2) is 53.2 Å². The third kappa shape index (κ3) is 5.13. The maximum Gasteiger partial charge on any atom is 0.162 e. The first kappa shape index (κ1) is 19.1. The largest absolute Gasteiger partial charge is 0.396 e. The predicted octanol–water partition coefficient (Wildman–Crippen LogP) is 2.62. The number of ketones is 1. The van der Waals surface area contributed by atoms with E-state index < -0.39 is 6.10 Å². The van der Waals surface area contributed by atoms with Gasteiger partial charge in [0.15, 0.2) is 5.78 Å². The Balaban J connectivity index is 1.77. The van der Waals surface area contributed by atoms with E-state index in [1.54, 1.807) is 0 Å². The molecule has 1 aromatic rings. The van der Waals surface area contributed by atoms with E-state index in [0.717, 1.165) is 31.5 Å². The number of piperidine rings is 1. The summed E-state index contributed by atoms with van der Waals surface area (Å²) in [6.45, 7) is 8.85. The Morgan fingerprint density at radius 2 is 1.92 bits per heavy atom. The van der Waals surface area contributed by atoms with Crippen LogP contribution in [0.25, 0.3) is 0 Å². The Labute approximate surface area is 145 Å². The van der Waals surface area contributed by atoms with Gasteiger partial charge >= 0.3 is 0 Å². The molecule has 0 aromatic heterocycles. The van der Waals surface area contributed by atoms with E-state index in [2.05, 4.69) is 25.7 Å². The van der Waals surface area contributed by atoms with Gasteiger partial charge < -0.3 is 15.1 Å². The molecule has 0 radical (unpaired) electrons. The summed E-state index contributed by atoms with van der Waals surface area (Å²) < 4.78 is 0. The van der Waals surface area contributed by atoms with Crippen LogP contribution in [0.2, 0.25) is 0 Å². The SMILES string of the molecule is CC(C)(C)c1ccc(C(=O)CCCN2CC[C@H](CO)[C@@H](O)C2)cc1. The topological polar surface area (TPSA) is 60.8 Å². The fraction of sp³-hybridized carbons (Fsp3) is 0.650. The monoisotopic (exact) mass is 333 g/mol. The number of carbonyl (C=O) groups excluding carboxylic acids is 1. The van der Waals surface area contributed by atoms with Crippen molar-refractivity contribution >= 4 is 5.78 Å². The molecule has 1 heterocycles. The van der Waals surface area contributed by atoms with Gasteiger partial charge in [-0.3, -0.25) is 4.79 Å². The molecule has 1 aliphatic heterocycles. The molecule has 4 nitrogen and oxygen atoms in total. The maximum atomic E-state index is 12.3. The molecule has 1 saturated heterocycles. The summed E-state index contributed by atoms with van der Waals surface area (Å²) in [6.07, 6.45) is 1.70. The highest BCUT2D eigenvalue weighted by Crippen LogP contribution is 2.23. The van der Waals surface area contributed by atoms with Gasteiger partial charge in [0.25, 0.3) is 0 Å². The van der Waals surface area contributed by atoms with Crippen LogP contribution in [0, 0.1) is 5.92 Å². The summed E-state index contributed by atoms with van der Waals surface area (Å²) in [6, 6.07) is 7.95. The number of aliphatic hydroxyl groups is 2. The van der Waals surface area contributed by atoms with E-state index in [9.17, 15) is 9.90 Å². The fourth-order valence-electron chi connectivity index (χ4n) is 3.23. The Morgan fingerprint density at radius 3 is 2.46 bits per heavy atom. The number of β-amino-alcohol motifs (C(OH)–C–C–N with tert-alkyl or cyclic N) is 1. The fourth-order valence-corrected chi connectivity index (χ4v) is 3.23. The smallest absolute Gasteiger partial charge is 0.162 e. The van der Waals surface area contributed by atoms with Gasteiger partial charge in [0.1, 0.15) is 0 Å². The third-order valence-corrected chi connectivity index (χ3v) is 4.99. The second-order valence-corrected chi connectivity index (χ2v) is 7.95. The number of likely N-dealkylation sites (tertiary alicyclic amines) is 1. The second-order valence-electron chi connectivity index (χ2n) is 7.95. The third-order valence-electron chi connectivity index (χ3n) is 4.99. The molecule has 0 amide bonds. The highest BCUT2D eigenvalue weighted by atomic mass is 16.3. The summed E-state index contributed by atoms with van der Waals surface area (Å²) in [4.78, 5) is 14.5. The van der Waals surface area contributed by atoms with Crippen molar-refractivity contribution in [1.82, 2.24) is 4.90 Å². The predicted molar refractivity (Wildman–Crippen MR) is 96.3 cm³/mol. The summed E-state index contributed by atoms with van der Waals surface area (Å²) in [5.41, 5.74) is 2.12. The first-order valence-corrected chi connectivity index (χ1v) is 8.96. The van der Waals surface area contributed by atoms with Gasteiger partial charge in [-0.1, -0.05) is 45.0 Å². The van der Waals surface area contributed by atoms with Gasteiger partial charge in [-0.25, -0.2) is 0 Å². The van der Waals surface area contributed by atoms with Crippen molar-refractivity contribution in [1.29, 1.82) is 0 Å². The number of nitrogens with zero attached hydrogens (tertiary/aromatic N) is 1. The van der Waals surface area contributed by atoms with Crippen molar-refractivity contribution < 1.29 is 15.0 Å². The van der Waals surface area contributed by atoms with Crippen molar-refractivity contribution in [2.45, 2.75) is 51.6 Å². The number of hydrogen-bond acceptors (Lipinski definition) is 4. The minimum absolute atomic E-state index is 0.00390. The highest BCUT2D eigenvalue weighted by Gasteiger charge is 2.26. The zero-order valence-corrected chi connectivity index (χ0v) is 15.2.